The molecule has 0 bridgehead atoms. The molecule has 0 heterocycles. The summed E-state index contributed by atoms with van der Waals surface area (Å²) < 4.78 is 13.3. The number of hydrogen-bond acceptors (Lipinski definition) is 2. The lowest BCUT2D eigenvalue weighted by molar-refractivity contribution is 0.0898. The van der Waals surface area contributed by atoms with Gasteiger partial charge in [0, 0.05) is 12.6 Å². The first-order chi connectivity index (χ1) is 13.4. The highest BCUT2D eigenvalue weighted by molar-refractivity contribution is 6.33. The zero-order valence-electron chi connectivity index (χ0n) is 17.1. The summed E-state index contributed by atoms with van der Waals surface area (Å²) in [6.07, 6.45) is 2.25. The van der Waals surface area contributed by atoms with Crippen molar-refractivity contribution < 1.29 is 9.18 Å². The van der Waals surface area contributed by atoms with Crippen LogP contribution in [0.4, 0.5) is 4.39 Å². The fraction of sp³-hybridized carbons (Fsp3) is 0.435. The van der Waals surface area contributed by atoms with Gasteiger partial charge in [-0.2, -0.15) is 0 Å². The first-order valence-corrected chi connectivity index (χ1v) is 10.3. The number of rotatable bonds is 9. The van der Waals surface area contributed by atoms with E-state index < -0.39 is 5.82 Å². The van der Waals surface area contributed by atoms with Gasteiger partial charge in [0.1, 0.15) is 5.82 Å². The van der Waals surface area contributed by atoms with Crippen molar-refractivity contribution in [2.75, 3.05) is 13.6 Å². The Morgan fingerprint density at radius 2 is 1.79 bits per heavy atom. The molecule has 0 spiro atoms. The van der Waals surface area contributed by atoms with Crippen LogP contribution in [-0.4, -0.2) is 30.4 Å². The normalized spacial score (nSPS) is 13.6. The highest BCUT2D eigenvalue weighted by Gasteiger charge is 2.26. The maximum absolute atomic E-state index is 13.3. The summed E-state index contributed by atoms with van der Waals surface area (Å²) >= 11 is 6.09. The summed E-state index contributed by atoms with van der Waals surface area (Å²) in [5.74, 6) is -0.146. The number of halogens is 2. The van der Waals surface area contributed by atoms with Crippen molar-refractivity contribution in [3.05, 3.63) is 70.5 Å². The van der Waals surface area contributed by atoms with Crippen LogP contribution in [0.1, 0.15) is 55.6 Å². The molecule has 0 radical (unpaired) electrons. The molecule has 3 nitrogen and oxygen atoms in total. The predicted octanol–water partition coefficient (Wildman–Crippen LogP) is 5.71. The second-order valence-electron chi connectivity index (χ2n) is 7.35. The number of carbonyl (C=O) groups excluding carboxylic acids is 1. The highest BCUT2D eigenvalue weighted by atomic mass is 35.5. The molecule has 0 saturated heterocycles. The van der Waals surface area contributed by atoms with E-state index in [1.165, 1.54) is 12.1 Å². The number of amides is 1. The van der Waals surface area contributed by atoms with Crippen molar-refractivity contribution in [1.82, 2.24) is 10.2 Å². The SMILES string of the molecule is CCC(CC)CN(C)C(C)C(NC(=O)c1ccc(F)cc1Cl)c1ccccc1. The largest absolute Gasteiger partial charge is 0.344 e. The quantitative estimate of drug-likeness (QED) is 0.580. The summed E-state index contributed by atoms with van der Waals surface area (Å²) in [4.78, 5) is 15.2. The predicted molar refractivity (Wildman–Crippen MR) is 114 cm³/mol. The second-order valence-corrected chi connectivity index (χ2v) is 7.76. The minimum Gasteiger partial charge on any atom is -0.344 e. The van der Waals surface area contributed by atoms with Crippen LogP contribution in [0.3, 0.4) is 0 Å². The number of nitrogens with zero attached hydrogens (tertiary/aromatic N) is 1. The topological polar surface area (TPSA) is 32.3 Å². The van der Waals surface area contributed by atoms with E-state index in [1.807, 2.05) is 30.3 Å². The molecule has 2 aromatic carbocycles. The Bertz CT molecular complexity index is 764. The number of benzene rings is 2. The summed E-state index contributed by atoms with van der Waals surface area (Å²) in [5, 5.41) is 3.23. The van der Waals surface area contributed by atoms with Gasteiger partial charge in [-0.05, 0) is 43.7 Å². The third kappa shape index (κ3) is 5.79. The van der Waals surface area contributed by atoms with E-state index in [0.29, 0.717) is 5.92 Å². The van der Waals surface area contributed by atoms with Gasteiger partial charge in [0.2, 0.25) is 0 Å². The van der Waals surface area contributed by atoms with Crippen molar-refractivity contribution in [2.24, 2.45) is 5.92 Å². The smallest absolute Gasteiger partial charge is 0.253 e. The molecule has 2 rings (SSSR count). The van der Waals surface area contributed by atoms with Crippen LogP contribution in [0.25, 0.3) is 0 Å². The van der Waals surface area contributed by atoms with Crippen LogP contribution >= 0.6 is 11.6 Å². The molecule has 5 heteroatoms. The van der Waals surface area contributed by atoms with Gasteiger partial charge in [0.25, 0.3) is 5.91 Å². The molecule has 0 aromatic heterocycles. The minimum absolute atomic E-state index is 0.0752. The van der Waals surface area contributed by atoms with Crippen molar-refractivity contribution >= 4 is 17.5 Å². The van der Waals surface area contributed by atoms with E-state index in [1.54, 1.807) is 0 Å². The van der Waals surface area contributed by atoms with Crippen LogP contribution in [0.2, 0.25) is 5.02 Å². The van der Waals surface area contributed by atoms with Crippen LogP contribution in [0.5, 0.6) is 0 Å². The highest BCUT2D eigenvalue weighted by Crippen LogP contribution is 2.24. The van der Waals surface area contributed by atoms with Crippen LogP contribution in [-0.2, 0) is 0 Å². The number of carbonyl (C=O) groups is 1. The number of likely N-dealkylation sites (N-methyl/N-ethyl adjacent to an activating group) is 1. The standard InChI is InChI=1S/C23H30ClFN2O/c1-5-17(6-2)15-27(4)16(3)22(18-10-8-7-9-11-18)26-23(28)20-13-12-19(25)14-21(20)24/h7-14,16-17,22H,5-6,15H2,1-4H3,(H,26,28). The fourth-order valence-electron chi connectivity index (χ4n) is 3.41. The van der Waals surface area contributed by atoms with Crippen molar-refractivity contribution in [3.63, 3.8) is 0 Å². The summed E-state index contributed by atoms with van der Waals surface area (Å²) in [6, 6.07) is 13.6. The minimum atomic E-state index is -0.459. The van der Waals surface area contributed by atoms with Gasteiger partial charge >= 0.3 is 0 Å². The molecule has 0 aliphatic heterocycles. The Morgan fingerprint density at radius 1 is 1.14 bits per heavy atom. The molecule has 0 aliphatic rings. The lowest BCUT2D eigenvalue weighted by Gasteiger charge is -2.35. The Morgan fingerprint density at radius 3 is 2.36 bits per heavy atom. The molecule has 1 amide bonds. The molecule has 0 fully saturated rings. The van der Waals surface area contributed by atoms with E-state index in [0.717, 1.165) is 31.0 Å². The van der Waals surface area contributed by atoms with Crippen molar-refractivity contribution in [1.29, 1.82) is 0 Å². The van der Waals surface area contributed by atoms with Crippen LogP contribution in [0.15, 0.2) is 48.5 Å². The van der Waals surface area contributed by atoms with Gasteiger partial charge in [-0.1, -0.05) is 68.6 Å². The molecule has 2 unspecified atom stereocenters. The van der Waals surface area contributed by atoms with Crippen molar-refractivity contribution in [3.8, 4) is 0 Å². The maximum Gasteiger partial charge on any atom is 0.253 e. The monoisotopic (exact) mass is 404 g/mol. The summed E-state index contributed by atoms with van der Waals surface area (Å²) in [7, 11) is 2.09. The van der Waals surface area contributed by atoms with Gasteiger partial charge in [-0.15, -0.1) is 0 Å². The Labute approximate surface area is 172 Å². The van der Waals surface area contributed by atoms with Gasteiger partial charge in [-0.3, -0.25) is 4.79 Å². The van der Waals surface area contributed by atoms with Gasteiger partial charge < -0.3 is 10.2 Å². The first-order valence-electron chi connectivity index (χ1n) is 9.88. The number of nitrogens with one attached hydrogen (secondary N) is 1. The van der Waals surface area contributed by atoms with E-state index in [-0.39, 0.29) is 28.6 Å². The molecule has 0 aliphatic carbocycles. The van der Waals surface area contributed by atoms with Gasteiger partial charge in [0.05, 0.1) is 16.6 Å². The van der Waals surface area contributed by atoms with Gasteiger partial charge in [0.15, 0.2) is 0 Å². The fourth-order valence-corrected chi connectivity index (χ4v) is 3.66. The molecular formula is C23H30ClFN2O. The van der Waals surface area contributed by atoms with E-state index in [9.17, 15) is 9.18 Å². The first kappa shape index (κ1) is 22.4. The molecule has 28 heavy (non-hydrogen) atoms. The zero-order chi connectivity index (χ0) is 20.7. The van der Waals surface area contributed by atoms with E-state index in [4.69, 9.17) is 11.6 Å². The Kier molecular flexibility index (Phi) is 8.46. The van der Waals surface area contributed by atoms with Gasteiger partial charge in [-0.25, -0.2) is 4.39 Å². The van der Waals surface area contributed by atoms with Crippen LogP contribution in [0, 0.1) is 11.7 Å². The van der Waals surface area contributed by atoms with Crippen LogP contribution < -0.4 is 5.32 Å². The van der Waals surface area contributed by atoms with Crippen molar-refractivity contribution in [2.45, 2.75) is 45.7 Å². The molecule has 2 aromatic rings. The average Bonchev–Trinajstić information content (AvgIpc) is 2.69. The Balaban J connectivity index is 2.26. The molecule has 1 N–H and O–H groups in total. The maximum atomic E-state index is 13.3. The lowest BCUT2D eigenvalue weighted by Crippen LogP contribution is -2.44. The number of hydrogen-bond donors (Lipinski definition) is 1. The Hall–Kier alpha value is -1.91. The summed E-state index contributed by atoms with van der Waals surface area (Å²) in [5.41, 5.74) is 1.30. The molecule has 2 atom stereocenters. The summed E-state index contributed by atoms with van der Waals surface area (Å²) in [6.45, 7) is 7.50. The second kappa shape index (κ2) is 10.6. The average molecular weight is 405 g/mol. The van der Waals surface area contributed by atoms with E-state index in [2.05, 4.69) is 38.0 Å². The third-order valence-electron chi connectivity index (χ3n) is 5.50. The third-order valence-corrected chi connectivity index (χ3v) is 5.81. The molecular weight excluding hydrogens is 375 g/mol. The van der Waals surface area contributed by atoms with E-state index >= 15 is 0 Å². The molecule has 0 saturated carbocycles. The lowest BCUT2D eigenvalue weighted by atomic mass is 9.96. The zero-order valence-corrected chi connectivity index (χ0v) is 17.8. The molecule has 152 valence electrons.